The summed E-state index contributed by atoms with van der Waals surface area (Å²) in [5.74, 6) is -1.13. The number of piperidine rings is 1. The maximum absolute atomic E-state index is 12.3. The Morgan fingerprint density at radius 3 is 2.57 bits per heavy atom. The van der Waals surface area contributed by atoms with Crippen LogP contribution in [0, 0.1) is 0 Å². The first kappa shape index (κ1) is 15.8. The van der Waals surface area contributed by atoms with Crippen molar-refractivity contribution in [3.8, 4) is 5.75 Å². The molecule has 3 rings (SSSR count). The average Bonchev–Trinajstić information content (AvgIpc) is 3.03. The van der Waals surface area contributed by atoms with Gasteiger partial charge < -0.3 is 24.4 Å². The van der Waals surface area contributed by atoms with Crippen molar-refractivity contribution >= 4 is 17.5 Å². The van der Waals surface area contributed by atoms with Crippen molar-refractivity contribution in [3.05, 3.63) is 24.3 Å². The number of methoxy groups -OCH3 is 1. The predicted octanol–water partition coefficient (Wildman–Crippen LogP) is 0.999. The van der Waals surface area contributed by atoms with Crippen molar-refractivity contribution in [2.45, 2.75) is 18.6 Å². The zero-order chi connectivity index (χ0) is 16.3. The molecule has 0 unspecified atom stereocenters. The van der Waals surface area contributed by atoms with Crippen molar-refractivity contribution in [2.24, 2.45) is 0 Å². The lowest BCUT2D eigenvalue weighted by atomic mass is 10.0. The van der Waals surface area contributed by atoms with E-state index in [9.17, 15) is 9.59 Å². The van der Waals surface area contributed by atoms with Crippen LogP contribution in [-0.2, 0) is 19.1 Å². The van der Waals surface area contributed by atoms with E-state index in [1.807, 2.05) is 0 Å². The minimum atomic E-state index is -0.650. The third-order valence-electron chi connectivity index (χ3n) is 4.15. The molecule has 2 heterocycles. The molecule has 2 fully saturated rings. The fraction of sp³-hybridized carbons (Fsp3) is 0.500. The normalized spacial score (nSPS) is 19.6. The van der Waals surface area contributed by atoms with Gasteiger partial charge in [-0.3, -0.25) is 9.59 Å². The zero-order valence-electron chi connectivity index (χ0n) is 13.0. The summed E-state index contributed by atoms with van der Waals surface area (Å²) in [6.07, 6.45) is 1.18. The number of amides is 2. The van der Waals surface area contributed by atoms with Crippen LogP contribution >= 0.6 is 0 Å². The lowest BCUT2D eigenvalue weighted by molar-refractivity contribution is -0.187. The summed E-state index contributed by atoms with van der Waals surface area (Å²) in [6, 6.07) is 6.89. The van der Waals surface area contributed by atoms with Crippen molar-refractivity contribution in [1.29, 1.82) is 0 Å². The molecule has 0 saturated carbocycles. The Hall–Kier alpha value is -2.12. The van der Waals surface area contributed by atoms with Gasteiger partial charge in [-0.05, 0) is 12.1 Å². The first-order valence-corrected chi connectivity index (χ1v) is 7.64. The van der Waals surface area contributed by atoms with E-state index in [1.54, 1.807) is 31.4 Å². The van der Waals surface area contributed by atoms with E-state index in [2.05, 4.69) is 5.32 Å². The van der Waals surface area contributed by atoms with Crippen molar-refractivity contribution < 1.29 is 23.8 Å². The Morgan fingerprint density at radius 2 is 1.91 bits per heavy atom. The number of ether oxygens (including phenoxy) is 3. The van der Waals surface area contributed by atoms with Crippen LogP contribution in [0.3, 0.4) is 0 Å². The highest BCUT2D eigenvalue weighted by Crippen LogP contribution is 2.31. The molecule has 1 spiro atoms. The lowest BCUT2D eigenvalue weighted by Crippen LogP contribution is -2.50. The number of hydrogen-bond donors (Lipinski definition) is 1. The summed E-state index contributed by atoms with van der Waals surface area (Å²) in [7, 11) is 1.54. The van der Waals surface area contributed by atoms with Crippen LogP contribution in [0.15, 0.2) is 24.3 Å². The van der Waals surface area contributed by atoms with Crippen LogP contribution in [0.2, 0.25) is 0 Å². The Bertz CT molecular complexity index is 588. The average molecular weight is 320 g/mol. The summed E-state index contributed by atoms with van der Waals surface area (Å²) >= 11 is 0. The van der Waals surface area contributed by atoms with Crippen molar-refractivity contribution in [1.82, 2.24) is 4.90 Å². The standard InChI is InChI=1S/C16H20N2O5/c1-21-13-4-2-3-12(11-13)17-14(19)15(20)18-7-5-16(6-8-18)22-9-10-23-16/h2-4,11H,5-10H2,1H3,(H,17,19). The molecule has 7 nitrogen and oxygen atoms in total. The molecule has 23 heavy (non-hydrogen) atoms. The van der Waals surface area contributed by atoms with Gasteiger partial charge in [-0.25, -0.2) is 0 Å². The van der Waals surface area contributed by atoms with Crippen LogP contribution in [-0.4, -0.2) is 55.9 Å². The van der Waals surface area contributed by atoms with Crippen LogP contribution < -0.4 is 10.1 Å². The Labute approximate surface area is 134 Å². The molecule has 2 saturated heterocycles. The fourth-order valence-corrected chi connectivity index (χ4v) is 2.87. The summed E-state index contributed by atoms with van der Waals surface area (Å²) in [5, 5.41) is 2.60. The first-order chi connectivity index (χ1) is 11.1. The smallest absolute Gasteiger partial charge is 0.313 e. The Morgan fingerprint density at radius 1 is 1.22 bits per heavy atom. The molecule has 2 amide bonds. The Kier molecular flexibility index (Phi) is 4.49. The highest BCUT2D eigenvalue weighted by atomic mass is 16.7. The van der Waals surface area contributed by atoms with E-state index in [-0.39, 0.29) is 0 Å². The van der Waals surface area contributed by atoms with Crippen LogP contribution in [0.1, 0.15) is 12.8 Å². The minimum Gasteiger partial charge on any atom is -0.497 e. The number of nitrogens with zero attached hydrogens (tertiary/aromatic N) is 1. The van der Waals surface area contributed by atoms with E-state index in [4.69, 9.17) is 14.2 Å². The molecule has 0 bridgehead atoms. The van der Waals surface area contributed by atoms with Gasteiger partial charge in [0.25, 0.3) is 0 Å². The quantitative estimate of drug-likeness (QED) is 0.823. The zero-order valence-corrected chi connectivity index (χ0v) is 13.0. The summed E-state index contributed by atoms with van der Waals surface area (Å²) < 4.78 is 16.3. The lowest BCUT2D eigenvalue weighted by Gasteiger charge is -2.37. The Balaban J connectivity index is 1.56. The molecule has 2 aliphatic rings. The number of anilines is 1. The molecule has 124 valence electrons. The molecule has 1 aromatic carbocycles. The highest BCUT2D eigenvalue weighted by Gasteiger charge is 2.41. The number of likely N-dealkylation sites (tertiary alicyclic amines) is 1. The second-order valence-corrected chi connectivity index (χ2v) is 5.59. The number of benzene rings is 1. The van der Waals surface area contributed by atoms with Crippen LogP contribution in [0.4, 0.5) is 5.69 Å². The summed E-state index contributed by atoms with van der Waals surface area (Å²) in [5.41, 5.74) is 0.527. The fourth-order valence-electron chi connectivity index (χ4n) is 2.87. The van der Waals surface area contributed by atoms with E-state index in [0.29, 0.717) is 50.6 Å². The van der Waals surface area contributed by atoms with Gasteiger partial charge in [0.05, 0.1) is 20.3 Å². The molecular formula is C16H20N2O5. The van der Waals surface area contributed by atoms with Crippen LogP contribution in [0.25, 0.3) is 0 Å². The number of hydrogen-bond acceptors (Lipinski definition) is 5. The van der Waals surface area contributed by atoms with Crippen molar-refractivity contribution in [3.63, 3.8) is 0 Å². The topological polar surface area (TPSA) is 77.1 Å². The first-order valence-electron chi connectivity index (χ1n) is 7.64. The molecule has 0 radical (unpaired) electrons. The number of carbonyl (C=O) groups excluding carboxylic acids is 2. The molecule has 2 aliphatic heterocycles. The molecule has 0 atom stereocenters. The van der Waals surface area contributed by atoms with Gasteiger partial charge in [0.2, 0.25) is 0 Å². The number of carbonyl (C=O) groups is 2. The van der Waals surface area contributed by atoms with Gasteiger partial charge in [-0.2, -0.15) is 0 Å². The monoisotopic (exact) mass is 320 g/mol. The van der Waals surface area contributed by atoms with E-state index >= 15 is 0 Å². The largest absolute Gasteiger partial charge is 0.497 e. The summed E-state index contributed by atoms with van der Waals surface area (Å²) in [4.78, 5) is 25.9. The van der Waals surface area contributed by atoms with Gasteiger partial charge in [-0.1, -0.05) is 6.07 Å². The second kappa shape index (κ2) is 6.55. The molecular weight excluding hydrogens is 300 g/mol. The van der Waals surface area contributed by atoms with Crippen LogP contribution in [0.5, 0.6) is 5.75 Å². The number of rotatable bonds is 2. The van der Waals surface area contributed by atoms with Gasteiger partial charge in [0.15, 0.2) is 5.79 Å². The number of nitrogens with one attached hydrogen (secondary N) is 1. The van der Waals surface area contributed by atoms with Gasteiger partial charge in [-0.15, -0.1) is 0 Å². The van der Waals surface area contributed by atoms with Crippen molar-refractivity contribution in [2.75, 3.05) is 38.7 Å². The predicted molar refractivity (Wildman–Crippen MR) is 82.1 cm³/mol. The maximum atomic E-state index is 12.3. The molecule has 0 aromatic heterocycles. The van der Waals surface area contributed by atoms with Gasteiger partial charge in [0.1, 0.15) is 5.75 Å². The van der Waals surface area contributed by atoms with Gasteiger partial charge in [0, 0.05) is 37.7 Å². The summed E-state index contributed by atoms with van der Waals surface area (Å²) in [6.45, 7) is 2.07. The van der Waals surface area contributed by atoms with E-state index < -0.39 is 17.6 Å². The molecule has 1 aromatic rings. The van der Waals surface area contributed by atoms with E-state index in [1.165, 1.54) is 4.90 Å². The highest BCUT2D eigenvalue weighted by molar-refractivity contribution is 6.39. The SMILES string of the molecule is COc1cccc(NC(=O)C(=O)N2CCC3(CC2)OCCO3)c1. The third-order valence-corrected chi connectivity index (χ3v) is 4.15. The minimum absolute atomic E-state index is 0.449. The third kappa shape index (κ3) is 3.46. The second-order valence-electron chi connectivity index (χ2n) is 5.59. The molecule has 7 heteroatoms. The molecule has 0 aliphatic carbocycles. The van der Waals surface area contributed by atoms with Gasteiger partial charge >= 0.3 is 11.8 Å². The van der Waals surface area contributed by atoms with E-state index in [0.717, 1.165) is 0 Å². The maximum Gasteiger partial charge on any atom is 0.313 e. The molecule has 1 N–H and O–H groups in total.